The summed E-state index contributed by atoms with van der Waals surface area (Å²) in [6.07, 6.45) is 0. The van der Waals surface area contributed by atoms with Gasteiger partial charge in [-0.05, 0) is 48.0 Å². The van der Waals surface area contributed by atoms with E-state index in [2.05, 4.69) is 0 Å². The van der Waals surface area contributed by atoms with E-state index in [1.807, 2.05) is 109 Å². The summed E-state index contributed by atoms with van der Waals surface area (Å²) in [7, 11) is -2.79. The SMILES string of the molecule is O=C1c2ccccc2CN1C(=O)[P+](c1ccccc1)(c1ccccc1)c1ccccc1.[Cl-]. The fourth-order valence-electron chi connectivity index (χ4n) is 4.32. The van der Waals surface area contributed by atoms with Gasteiger partial charge in [-0.2, -0.15) is 0 Å². The third-order valence-corrected chi connectivity index (χ3v) is 9.80. The molecular weight excluding hydrogens is 437 g/mol. The average Bonchev–Trinajstić information content (AvgIpc) is 3.18. The summed E-state index contributed by atoms with van der Waals surface area (Å²) in [5.74, 6) is -0.215. The lowest BCUT2D eigenvalue weighted by Crippen LogP contribution is -3.00. The van der Waals surface area contributed by atoms with Crippen molar-refractivity contribution in [2.24, 2.45) is 0 Å². The quantitative estimate of drug-likeness (QED) is 0.438. The summed E-state index contributed by atoms with van der Waals surface area (Å²) in [5.41, 5.74) is 1.38. The van der Waals surface area contributed by atoms with Crippen molar-refractivity contribution in [3.63, 3.8) is 0 Å². The van der Waals surface area contributed by atoms with Gasteiger partial charge < -0.3 is 12.4 Å². The summed E-state index contributed by atoms with van der Waals surface area (Å²) >= 11 is 0. The van der Waals surface area contributed by atoms with Gasteiger partial charge >= 0.3 is 5.65 Å². The van der Waals surface area contributed by atoms with Gasteiger partial charge in [-0.1, -0.05) is 72.8 Å². The number of amides is 2. The van der Waals surface area contributed by atoms with E-state index < -0.39 is 7.26 Å². The molecule has 3 nitrogen and oxygen atoms in total. The molecule has 1 heterocycles. The number of nitrogens with zero attached hydrogens (tertiary/aromatic N) is 1. The number of hydrogen-bond donors (Lipinski definition) is 0. The number of benzene rings is 4. The molecule has 0 aromatic heterocycles. The minimum atomic E-state index is -2.79. The number of halogens is 1. The van der Waals surface area contributed by atoms with Crippen LogP contribution in [0.2, 0.25) is 0 Å². The molecule has 158 valence electrons. The van der Waals surface area contributed by atoms with Gasteiger partial charge in [0, 0.05) is 5.56 Å². The predicted molar refractivity (Wildman–Crippen MR) is 127 cm³/mol. The Morgan fingerprint density at radius 3 is 1.47 bits per heavy atom. The molecule has 0 bridgehead atoms. The lowest BCUT2D eigenvalue weighted by Gasteiger charge is -2.28. The second kappa shape index (κ2) is 9.08. The van der Waals surface area contributed by atoms with Crippen molar-refractivity contribution in [2.45, 2.75) is 6.54 Å². The van der Waals surface area contributed by atoms with Gasteiger partial charge in [0.15, 0.2) is 0 Å². The van der Waals surface area contributed by atoms with Crippen LogP contribution in [0.15, 0.2) is 115 Å². The Kier molecular flexibility index (Phi) is 6.23. The second-order valence-electron chi connectivity index (χ2n) is 7.51. The van der Waals surface area contributed by atoms with Crippen LogP contribution in [0.4, 0.5) is 4.79 Å². The van der Waals surface area contributed by atoms with Crippen LogP contribution in [0.3, 0.4) is 0 Å². The zero-order chi connectivity index (χ0) is 21.3. The Labute approximate surface area is 194 Å². The van der Waals surface area contributed by atoms with Crippen LogP contribution in [0.25, 0.3) is 0 Å². The molecule has 4 aromatic rings. The smallest absolute Gasteiger partial charge is 0.384 e. The predicted octanol–water partition coefficient (Wildman–Crippen LogP) is 1.76. The molecule has 4 aromatic carbocycles. The first-order valence-corrected chi connectivity index (χ1v) is 12.0. The minimum absolute atomic E-state index is 0. The van der Waals surface area contributed by atoms with E-state index in [1.54, 1.807) is 6.07 Å². The molecule has 1 aliphatic rings. The number of fused-ring (bicyclic) bond motifs is 1. The van der Waals surface area contributed by atoms with Gasteiger partial charge in [0.05, 0.1) is 6.54 Å². The van der Waals surface area contributed by atoms with Gasteiger partial charge in [-0.15, -0.1) is 0 Å². The van der Waals surface area contributed by atoms with E-state index >= 15 is 0 Å². The van der Waals surface area contributed by atoms with Gasteiger partial charge in [-0.3, -0.25) is 4.79 Å². The normalized spacial score (nSPS) is 12.8. The van der Waals surface area contributed by atoms with Crippen LogP contribution < -0.4 is 28.3 Å². The average molecular weight is 458 g/mol. The summed E-state index contributed by atoms with van der Waals surface area (Å²) in [5, 5.41) is 2.84. The zero-order valence-corrected chi connectivity index (χ0v) is 18.9. The van der Waals surface area contributed by atoms with Gasteiger partial charge in [0.2, 0.25) is 7.26 Å². The number of carbonyl (C=O) groups is 2. The Balaban J connectivity index is 0.00000245. The van der Waals surface area contributed by atoms with Crippen molar-refractivity contribution in [3.05, 3.63) is 126 Å². The molecule has 0 saturated carbocycles. The maximum atomic E-state index is 14.5. The van der Waals surface area contributed by atoms with Gasteiger partial charge in [-0.25, -0.2) is 9.69 Å². The molecule has 1 aliphatic heterocycles. The highest BCUT2D eigenvalue weighted by molar-refractivity contribution is 8.08. The molecule has 0 fully saturated rings. The van der Waals surface area contributed by atoms with Crippen LogP contribution in [0.5, 0.6) is 0 Å². The van der Waals surface area contributed by atoms with Crippen LogP contribution >= 0.6 is 7.26 Å². The highest BCUT2D eigenvalue weighted by atomic mass is 35.5. The molecule has 0 unspecified atom stereocenters. The topological polar surface area (TPSA) is 37.4 Å². The molecule has 5 rings (SSSR count). The maximum Gasteiger partial charge on any atom is 0.384 e. The lowest BCUT2D eigenvalue weighted by atomic mass is 10.1. The summed E-state index contributed by atoms with van der Waals surface area (Å²) in [6.45, 7) is 0.308. The first-order chi connectivity index (χ1) is 15.2. The highest BCUT2D eigenvalue weighted by Gasteiger charge is 2.57. The third-order valence-electron chi connectivity index (χ3n) is 5.77. The Morgan fingerprint density at radius 1 is 0.625 bits per heavy atom. The number of hydrogen-bond acceptors (Lipinski definition) is 2. The van der Waals surface area contributed by atoms with E-state index in [0.29, 0.717) is 12.1 Å². The van der Waals surface area contributed by atoms with Crippen LogP contribution in [0.1, 0.15) is 15.9 Å². The molecule has 0 atom stereocenters. The molecule has 5 heteroatoms. The fourth-order valence-corrected chi connectivity index (χ4v) is 8.26. The Hall–Kier alpha value is -3.26. The third kappa shape index (κ3) is 3.44. The molecule has 32 heavy (non-hydrogen) atoms. The van der Waals surface area contributed by atoms with E-state index in [4.69, 9.17) is 0 Å². The minimum Gasteiger partial charge on any atom is -1.00 e. The van der Waals surface area contributed by atoms with Crippen LogP contribution in [-0.2, 0) is 6.54 Å². The number of rotatable bonds is 4. The largest absolute Gasteiger partial charge is 1.00 e. The van der Waals surface area contributed by atoms with Crippen molar-refractivity contribution < 1.29 is 22.0 Å². The highest BCUT2D eigenvalue weighted by Crippen LogP contribution is 2.58. The van der Waals surface area contributed by atoms with Crippen LogP contribution in [-0.4, -0.2) is 16.5 Å². The van der Waals surface area contributed by atoms with E-state index in [9.17, 15) is 9.59 Å². The van der Waals surface area contributed by atoms with Crippen molar-refractivity contribution in [2.75, 3.05) is 0 Å². The van der Waals surface area contributed by atoms with E-state index in [-0.39, 0.29) is 24.0 Å². The number of carbonyl (C=O) groups excluding carboxylic acids is 2. The Bertz CT molecular complexity index is 1150. The number of imide groups is 1. The first kappa shape index (κ1) is 22.0. The maximum absolute atomic E-state index is 14.5. The van der Waals surface area contributed by atoms with Crippen molar-refractivity contribution in [1.29, 1.82) is 0 Å². The molecule has 0 aliphatic carbocycles. The summed E-state index contributed by atoms with van der Waals surface area (Å²) < 4.78 is 0. The monoisotopic (exact) mass is 457 g/mol. The summed E-state index contributed by atoms with van der Waals surface area (Å²) in [4.78, 5) is 29.3. The molecule has 0 saturated heterocycles. The van der Waals surface area contributed by atoms with Crippen LogP contribution in [0, 0.1) is 0 Å². The molecular formula is C27H21ClNO2P. The molecule has 0 N–H and O–H groups in total. The molecule has 0 radical (unpaired) electrons. The van der Waals surface area contributed by atoms with Gasteiger partial charge in [0.25, 0.3) is 5.91 Å². The van der Waals surface area contributed by atoms with Crippen molar-refractivity contribution in [1.82, 2.24) is 4.90 Å². The summed E-state index contributed by atoms with van der Waals surface area (Å²) in [6, 6.07) is 37.2. The second-order valence-corrected chi connectivity index (χ2v) is 10.8. The lowest BCUT2D eigenvalue weighted by molar-refractivity contribution is -0.0000192. The standard InChI is InChI=1S/C27H21NO2P.ClH/c29-26-25-19-11-10-12-21(25)20-28(26)27(30)31(22-13-4-1-5-14-22,23-15-6-2-7-16-23)24-17-8-3-9-18-24;/h1-19H,20H2;1H/q+1;/p-1. The van der Waals surface area contributed by atoms with Crippen molar-refractivity contribution >= 4 is 34.7 Å². The van der Waals surface area contributed by atoms with E-state index in [1.165, 1.54) is 4.90 Å². The zero-order valence-electron chi connectivity index (χ0n) is 17.3. The van der Waals surface area contributed by atoms with Gasteiger partial charge in [0.1, 0.15) is 15.9 Å². The van der Waals surface area contributed by atoms with E-state index in [0.717, 1.165) is 21.5 Å². The molecule has 0 spiro atoms. The molecule has 2 amide bonds. The van der Waals surface area contributed by atoms with Crippen molar-refractivity contribution in [3.8, 4) is 0 Å². The Morgan fingerprint density at radius 2 is 1.03 bits per heavy atom. The first-order valence-electron chi connectivity index (χ1n) is 10.2. The fraction of sp³-hybridized carbons (Fsp3) is 0.0370.